The second-order valence-corrected chi connectivity index (χ2v) is 6.95. The van der Waals surface area contributed by atoms with E-state index in [1.54, 1.807) is 28.4 Å². The van der Waals surface area contributed by atoms with E-state index < -0.39 is 24.2 Å². The minimum Gasteiger partial charge on any atom is -0.404 e. The summed E-state index contributed by atoms with van der Waals surface area (Å²) in [4.78, 5) is 12.5. The van der Waals surface area contributed by atoms with Crippen molar-refractivity contribution in [2.45, 2.75) is 18.8 Å². The van der Waals surface area contributed by atoms with E-state index in [2.05, 4.69) is 25.6 Å². The van der Waals surface area contributed by atoms with Gasteiger partial charge in [-0.1, -0.05) is 18.2 Å². The maximum atomic E-state index is 12.6. The van der Waals surface area contributed by atoms with Crippen molar-refractivity contribution >= 4 is 29.1 Å². The van der Waals surface area contributed by atoms with Gasteiger partial charge in [0.2, 0.25) is 0 Å². The van der Waals surface area contributed by atoms with E-state index in [9.17, 15) is 18.0 Å². The summed E-state index contributed by atoms with van der Waals surface area (Å²) in [5.41, 5.74) is 0.528. The molecule has 0 spiro atoms. The van der Waals surface area contributed by atoms with Gasteiger partial charge in [0.25, 0.3) is 0 Å². The van der Waals surface area contributed by atoms with Crippen molar-refractivity contribution in [3.05, 3.63) is 54.5 Å². The van der Waals surface area contributed by atoms with Crippen molar-refractivity contribution in [3.8, 4) is 5.75 Å². The van der Waals surface area contributed by atoms with Crippen molar-refractivity contribution in [2.75, 3.05) is 17.3 Å². The van der Waals surface area contributed by atoms with E-state index in [1.165, 1.54) is 18.2 Å². The average Bonchev–Trinajstić information content (AvgIpc) is 3.09. The molecule has 0 fully saturated rings. The van der Waals surface area contributed by atoms with Crippen molar-refractivity contribution < 1.29 is 22.7 Å². The monoisotopic (exact) mass is 425 g/mol. The van der Waals surface area contributed by atoms with Crippen LogP contribution in [0.4, 0.5) is 23.7 Å². The van der Waals surface area contributed by atoms with Gasteiger partial charge in [-0.05, 0) is 42.7 Å². The number of para-hydroxylation sites is 2. The van der Waals surface area contributed by atoms with Gasteiger partial charge in [0.05, 0.1) is 11.7 Å². The van der Waals surface area contributed by atoms with Crippen LogP contribution in [0.5, 0.6) is 5.75 Å². The second kappa shape index (κ2) is 9.03. The van der Waals surface area contributed by atoms with Crippen LogP contribution in [0.25, 0.3) is 5.65 Å². The molecule has 0 aliphatic rings. The van der Waals surface area contributed by atoms with E-state index in [1.807, 2.05) is 18.4 Å². The predicted octanol–water partition coefficient (Wildman–Crippen LogP) is 4.24. The molecule has 0 saturated carbocycles. The van der Waals surface area contributed by atoms with Crippen LogP contribution in [-0.4, -0.2) is 39.0 Å². The third kappa shape index (κ3) is 5.53. The van der Waals surface area contributed by atoms with Gasteiger partial charge >= 0.3 is 12.4 Å². The Labute approximate surface area is 168 Å². The molecule has 2 N–H and O–H groups in total. The number of nitrogens with one attached hydrogen (secondary N) is 2. The number of hydrogen-bond donors (Lipinski definition) is 2. The maximum absolute atomic E-state index is 12.6. The summed E-state index contributed by atoms with van der Waals surface area (Å²) in [6.45, 7) is 0. The highest BCUT2D eigenvalue weighted by Gasteiger charge is 2.32. The standard InChI is InChI=1S/C18H18F3N5O2S/c1-29-11-9-13(16-25-24-15-8-4-5-10-26(15)16)23-17(27)22-12-6-2-3-7-14(12)28-18(19,20)21/h2-8,10,13H,9,11H2,1H3,(H2,22,23,27). The Kier molecular flexibility index (Phi) is 6.47. The van der Waals surface area contributed by atoms with Gasteiger partial charge in [-0.15, -0.1) is 23.4 Å². The van der Waals surface area contributed by atoms with E-state index in [0.29, 0.717) is 17.9 Å². The molecule has 0 aliphatic carbocycles. The fraction of sp³-hybridized carbons (Fsp3) is 0.278. The fourth-order valence-electron chi connectivity index (χ4n) is 2.70. The SMILES string of the molecule is CSCCC(NC(=O)Nc1ccccc1OC(F)(F)F)c1nnc2ccccn12. The maximum Gasteiger partial charge on any atom is 0.573 e. The summed E-state index contributed by atoms with van der Waals surface area (Å²) in [7, 11) is 0. The van der Waals surface area contributed by atoms with Gasteiger partial charge in [0.1, 0.15) is 0 Å². The number of rotatable bonds is 7. The molecule has 0 saturated heterocycles. The van der Waals surface area contributed by atoms with Crippen LogP contribution in [0.3, 0.4) is 0 Å². The number of alkyl halides is 3. The van der Waals surface area contributed by atoms with E-state index in [-0.39, 0.29) is 5.69 Å². The Morgan fingerprint density at radius 3 is 2.72 bits per heavy atom. The zero-order valence-corrected chi connectivity index (χ0v) is 16.1. The zero-order chi connectivity index (χ0) is 20.9. The number of hydrogen-bond acceptors (Lipinski definition) is 5. The molecule has 0 radical (unpaired) electrons. The molecule has 3 rings (SSSR count). The van der Waals surface area contributed by atoms with Gasteiger partial charge in [-0.25, -0.2) is 4.79 Å². The summed E-state index contributed by atoms with van der Waals surface area (Å²) in [6.07, 6.45) is -0.590. The van der Waals surface area contributed by atoms with Crippen LogP contribution < -0.4 is 15.4 Å². The molecule has 1 atom stereocenters. The molecule has 154 valence electrons. The van der Waals surface area contributed by atoms with Crippen LogP contribution in [0.1, 0.15) is 18.3 Å². The summed E-state index contributed by atoms with van der Waals surface area (Å²) < 4.78 is 43.4. The number of pyridine rings is 1. The first-order valence-electron chi connectivity index (χ1n) is 8.58. The molecule has 1 aromatic carbocycles. The minimum atomic E-state index is -4.87. The van der Waals surface area contributed by atoms with Gasteiger partial charge in [-0.3, -0.25) is 4.40 Å². The number of benzene rings is 1. The molecule has 2 heterocycles. The van der Waals surface area contributed by atoms with Gasteiger partial charge in [0, 0.05) is 6.20 Å². The van der Waals surface area contributed by atoms with Gasteiger partial charge < -0.3 is 15.4 Å². The first-order valence-corrected chi connectivity index (χ1v) is 9.97. The van der Waals surface area contributed by atoms with Crippen LogP contribution in [0.15, 0.2) is 48.7 Å². The van der Waals surface area contributed by atoms with Crippen molar-refractivity contribution in [3.63, 3.8) is 0 Å². The molecule has 0 aliphatic heterocycles. The number of fused-ring (bicyclic) bond motifs is 1. The molecule has 7 nitrogen and oxygen atoms in total. The lowest BCUT2D eigenvalue weighted by molar-refractivity contribution is -0.274. The highest BCUT2D eigenvalue weighted by atomic mass is 32.2. The number of thioether (sulfide) groups is 1. The summed E-state index contributed by atoms with van der Waals surface area (Å²) in [6, 6.07) is 9.58. The van der Waals surface area contributed by atoms with E-state index in [0.717, 1.165) is 11.8 Å². The number of aromatic nitrogens is 3. The number of carbonyl (C=O) groups is 1. The summed E-state index contributed by atoms with van der Waals surface area (Å²) in [5, 5.41) is 13.4. The summed E-state index contributed by atoms with van der Waals surface area (Å²) >= 11 is 1.60. The third-order valence-corrected chi connectivity index (χ3v) is 4.57. The first-order chi connectivity index (χ1) is 13.9. The molecular formula is C18H18F3N5O2S. The number of ether oxygens (including phenoxy) is 1. The smallest absolute Gasteiger partial charge is 0.404 e. The first kappa shape index (κ1) is 20.8. The molecule has 29 heavy (non-hydrogen) atoms. The lowest BCUT2D eigenvalue weighted by Gasteiger charge is -2.19. The second-order valence-electron chi connectivity index (χ2n) is 5.96. The molecule has 0 bridgehead atoms. The number of urea groups is 1. The average molecular weight is 425 g/mol. The Bertz CT molecular complexity index is 979. The zero-order valence-electron chi connectivity index (χ0n) is 15.3. The molecule has 3 aromatic rings. The van der Waals surface area contributed by atoms with Crippen molar-refractivity contribution in [1.82, 2.24) is 19.9 Å². The minimum absolute atomic E-state index is 0.1000. The molecular weight excluding hydrogens is 407 g/mol. The molecule has 11 heteroatoms. The molecule has 2 aromatic heterocycles. The third-order valence-electron chi connectivity index (χ3n) is 3.93. The Morgan fingerprint density at radius 2 is 1.97 bits per heavy atom. The fourth-order valence-corrected chi connectivity index (χ4v) is 3.17. The Balaban J connectivity index is 1.78. The number of anilines is 1. The molecule has 1 unspecified atom stereocenters. The van der Waals surface area contributed by atoms with Gasteiger partial charge in [-0.2, -0.15) is 11.8 Å². The lowest BCUT2D eigenvalue weighted by Crippen LogP contribution is -2.34. The number of halogens is 3. The van der Waals surface area contributed by atoms with Crippen LogP contribution in [-0.2, 0) is 0 Å². The Hall–Kier alpha value is -2.95. The normalized spacial score (nSPS) is 12.6. The number of amides is 2. The Morgan fingerprint density at radius 1 is 1.21 bits per heavy atom. The number of nitrogens with zero attached hydrogens (tertiary/aromatic N) is 3. The van der Waals surface area contributed by atoms with Crippen LogP contribution in [0.2, 0.25) is 0 Å². The molecule has 2 amide bonds. The quantitative estimate of drug-likeness (QED) is 0.592. The lowest BCUT2D eigenvalue weighted by atomic mass is 10.2. The highest BCUT2D eigenvalue weighted by molar-refractivity contribution is 7.98. The van der Waals surface area contributed by atoms with Crippen LogP contribution in [0, 0.1) is 0 Å². The van der Waals surface area contributed by atoms with Gasteiger partial charge in [0.15, 0.2) is 17.2 Å². The predicted molar refractivity (Wildman–Crippen MR) is 104 cm³/mol. The van der Waals surface area contributed by atoms with E-state index >= 15 is 0 Å². The summed E-state index contributed by atoms with van der Waals surface area (Å²) in [5.74, 6) is 0.772. The highest BCUT2D eigenvalue weighted by Crippen LogP contribution is 2.30. The van der Waals surface area contributed by atoms with Crippen LogP contribution >= 0.6 is 11.8 Å². The van der Waals surface area contributed by atoms with E-state index in [4.69, 9.17) is 0 Å². The van der Waals surface area contributed by atoms with Crippen molar-refractivity contribution in [1.29, 1.82) is 0 Å². The number of carbonyl (C=O) groups excluding carboxylic acids is 1. The largest absolute Gasteiger partial charge is 0.573 e. The van der Waals surface area contributed by atoms with Crippen molar-refractivity contribution in [2.24, 2.45) is 0 Å². The topological polar surface area (TPSA) is 80.5 Å².